The second kappa shape index (κ2) is 21.1. The zero-order valence-corrected chi connectivity index (χ0v) is 28.9. The summed E-state index contributed by atoms with van der Waals surface area (Å²) < 4.78 is 11.1. The van der Waals surface area contributed by atoms with Gasteiger partial charge >= 0.3 is 12.2 Å². The van der Waals surface area contributed by atoms with Crippen LogP contribution >= 0.6 is 22.7 Å². The Morgan fingerprint density at radius 3 is 1.62 bits per heavy atom. The fourth-order valence-corrected chi connectivity index (χ4v) is 6.44. The predicted molar refractivity (Wildman–Crippen MR) is 189 cm³/mol. The molecule has 2 aromatic heterocycles. The first kappa shape index (κ1) is 36.0. The topological polar surface area (TPSA) is 106 Å². The van der Waals surface area contributed by atoms with E-state index in [-0.39, 0.29) is 25.3 Å². The maximum Gasteiger partial charge on any atom is 0.407 e. The molecule has 0 aliphatic carbocycles. The number of aromatic nitrogens is 2. The third-order valence-corrected chi connectivity index (χ3v) is 9.24. The molecule has 47 heavy (non-hydrogen) atoms. The van der Waals surface area contributed by atoms with E-state index in [4.69, 9.17) is 9.47 Å². The van der Waals surface area contributed by atoms with Gasteiger partial charge in [0, 0.05) is 37.6 Å². The normalized spacial score (nSPS) is 12.4. The van der Waals surface area contributed by atoms with Crippen molar-refractivity contribution in [1.29, 1.82) is 0 Å². The number of nitrogens with one attached hydrogen (secondary N) is 2. The molecule has 0 aliphatic rings. The molecule has 0 saturated heterocycles. The van der Waals surface area contributed by atoms with E-state index in [0.29, 0.717) is 25.9 Å². The Morgan fingerprint density at radius 1 is 0.702 bits per heavy atom. The van der Waals surface area contributed by atoms with Crippen LogP contribution in [0.2, 0.25) is 0 Å². The lowest BCUT2D eigenvalue weighted by Gasteiger charge is -2.31. The predicted octanol–water partition coefficient (Wildman–Crippen LogP) is 7.64. The quantitative estimate of drug-likeness (QED) is 0.0874. The Bertz CT molecular complexity index is 1290. The van der Waals surface area contributed by atoms with Crippen LogP contribution in [-0.4, -0.2) is 58.8 Å². The molecule has 0 fully saturated rings. The van der Waals surface area contributed by atoms with Crippen LogP contribution in [0.4, 0.5) is 9.59 Å². The summed E-state index contributed by atoms with van der Waals surface area (Å²) in [5.41, 5.74) is 5.71. The van der Waals surface area contributed by atoms with Gasteiger partial charge in [-0.3, -0.25) is 14.9 Å². The van der Waals surface area contributed by atoms with E-state index in [1.165, 1.54) is 48.4 Å². The van der Waals surface area contributed by atoms with Crippen LogP contribution in [0.1, 0.15) is 66.3 Å². The SMILES string of the molecule is CCCCCCCCN(C[C@@H](Cc1ccccc1)NC(=O)OCc1cncs1)C[C@@H](Cc1ccccc1)NC(=O)OCc1cncs1. The maximum atomic E-state index is 13.0. The van der Waals surface area contributed by atoms with E-state index in [1.54, 1.807) is 23.4 Å². The number of alkyl carbamates (subject to hydrolysis) is 2. The Kier molecular flexibility index (Phi) is 16.2. The fourth-order valence-electron chi connectivity index (χ4n) is 5.43. The summed E-state index contributed by atoms with van der Waals surface area (Å²) in [4.78, 5) is 38.3. The lowest BCUT2D eigenvalue weighted by atomic mass is 10.0. The molecule has 2 aromatic carbocycles. The van der Waals surface area contributed by atoms with Gasteiger partial charge in [-0.15, -0.1) is 22.7 Å². The number of amides is 2. The van der Waals surface area contributed by atoms with Crippen molar-refractivity contribution in [3.05, 3.63) is 105 Å². The summed E-state index contributed by atoms with van der Waals surface area (Å²) in [6, 6.07) is 19.9. The summed E-state index contributed by atoms with van der Waals surface area (Å²) in [5.74, 6) is 0. The molecule has 4 aromatic rings. The van der Waals surface area contributed by atoms with E-state index in [1.807, 2.05) is 36.4 Å². The number of carbonyl (C=O) groups excluding carboxylic acids is 2. The van der Waals surface area contributed by atoms with Gasteiger partial charge in [-0.1, -0.05) is 99.7 Å². The smallest absolute Gasteiger partial charge is 0.407 e. The van der Waals surface area contributed by atoms with Crippen LogP contribution in [0, 0.1) is 0 Å². The fraction of sp³-hybridized carbons (Fsp3) is 0.444. The third kappa shape index (κ3) is 14.7. The highest BCUT2D eigenvalue weighted by atomic mass is 32.1. The Hall–Kier alpha value is -3.80. The maximum absolute atomic E-state index is 13.0. The number of thiazole rings is 2. The first-order valence-corrected chi connectivity index (χ1v) is 18.2. The summed E-state index contributed by atoms with van der Waals surface area (Å²) in [7, 11) is 0. The number of hydrogen-bond acceptors (Lipinski definition) is 9. The number of rotatable bonds is 21. The van der Waals surface area contributed by atoms with Crippen molar-refractivity contribution >= 4 is 34.9 Å². The first-order chi connectivity index (χ1) is 23.1. The van der Waals surface area contributed by atoms with Gasteiger partial charge in [0.15, 0.2) is 0 Å². The number of benzene rings is 2. The number of ether oxygens (including phenoxy) is 2. The van der Waals surface area contributed by atoms with Gasteiger partial charge in [0.05, 0.1) is 20.8 Å². The minimum Gasteiger partial charge on any atom is -0.444 e. The molecule has 2 atom stereocenters. The van der Waals surface area contributed by atoms with Gasteiger partial charge in [0.1, 0.15) is 13.2 Å². The van der Waals surface area contributed by atoms with Crippen LogP contribution in [-0.2, 0) is 35.5 Å². The summed E-state index contributed by atoms with van der Waals surface area (Å²) in [5, 5.41) is 6.28. The number of carbonyl (C=O) groups is 2. The first-order valence-electron chi connectivity index (χ1n) is 16.5. The minimum absolute atomic E-state index is 0.183. The van der Waals surface area contributed by atoms with Crippen LogP contribution < -0.4 is 10.6 Å². The molecule has 0 saturated carbocycles. The molecule has 11 heteroatoms. The van der Waals surface area contributed by atoms with E-state index in [9.17, 15) is 9.59 Å². The molecule has 0 unspecified atom stereocenters. The highest BCUT2D eigenvalue weighted by Gasteiger charge is 2.23. The zero-order chi connectivity index (χ0) is 32.9. The number of nitrogens with zero attached hydrogens (tertiary/aromatic N) is 3. The van der Waals surface area contributed by atoms with Crippen LogP contribution in [0.25, 0.3) is 0 Å². The average Bonchev–Trinajstić information content (AvgIpc) is 3.80. The van der Waals surface area contributed by atoms with E-state index >= 15 is 0 Å². The lowest BCUT2D eigenvalue weighted by Crippen LogP contribution is -2.50. The third-order valence-electron chi connectivity index (χ3n) is 7.74. The van der Waals surface area contributed by atoms with Crippen molar-refractivity contribution in [2.45, 2.75) is 83.6 Å². The van der Waals surface area contributed by atoms with Crippen molar-refractivity contribution in [1.82, 2.24) is 25.5 Å². The largest absolute Gasteiger partial charge is 0.444 e. The number of hydrogen-bond donors (Lipinski definition) is 2. The molecule has 252 valence electrons. The summed E-state index contributed by atoms with van der Waals surface area (Å²) in [6.07, 6.45) is 10.9. The second-order valence-corrected chi connectivity index (χ2v) is 13.6. The molecule has 4 rings (SSSR count). The standard InChI is InChI=1S/C36H47N5O4S2/c1-2-3-4-5-6-13-18-41(23-31(19-29-14-9-7-10-15-29)39-35(42)44-25-33-21-37-27-46-33)24-32(20-30-16-11-8-12-17-30)40-36(43)45-26-34-22-38-28-47-34/h7-12,14-17,21-22,27-28,31-32H,2-6,13,18-20,23-26H2,1H3,(H,39,42)(H,40,43)/t31-,32-/m1/s1. The molecular weight excluding hydrogens is 631 g/mol. The lowest BCUT2D eigenvalue weighted by molar-refractivity contribution is 0.126. The van der Waals surface area contributed by atoms with Gasteiger partial charge in [-0.05, 0) is 36.9 Å². The molecule has 0 bridgehead atoms. The summed E-state index contributed by atoms with van der Waals surface area (Å²) in [6.45, 7) is 4.64. The van der Waals surface area contributed by atoms with Gasteiger partial charge in [0.2, 0.25) is 0 Å². The minimum atomic E-state index is -0.454. The molecule has 2 amide bonds. The van der Waals surface area contributed by atoms with Gasteiger partial charge in [-0.2, -0.15) is 0 Å². The Labute approximate surface area is 286 Å². The summed E-state index contributed by atoms with van der Waals surface area (Å²) >= 11 is 2.91. The van der Waals surface area contributed by atoms with E-state index in [0.717, 1.165) is 40.3 Å². The monoisotopic (exact) mass is 677 g/mol. The second-order valence-electron chi connectivity index (χ2n) is 11.7. The molecule has 0 aliphatic heterocycles. The van der Waals surface area contributed by atoms with Crippen molar-refractivity contribution in [2.24, 2.45) is 0 Å². The van der Waals surface area contributed by atoms with Gasteiger partial charge in [-0.25, -0.2) is 9.59 Å². The highest BCUT2D eigenvalue weighted by molar-refractivity contribution is 7.09. The van der Waals surface area contributed by atoms with Crippen molar-refractivity contribution in [3.8, 4) is 0 Å². The molecule has 0 radical (unpaired) electrons. The van der Waals surface area contributed by atoms with Crippen molar-refractivity contribution in [3.63, 3.8) is 0 Å². The zero-order valence-electron chi connectivity index (χ0n) is 27.2. The van der Waals surface area contributed by atoms with Crippen LogP contribution in [0.5, 0.6) is 0 Å². The van der Waals surface area contributed by atoms with Gasteiger partial charge in [0.25, 0.3) is 0 Å². The van der Waals surface area contributed by atoms with Crippen LogP contribution in [0.3, 0.4) is 0 Å². The molecule has 2 N–H and O–H groups in total. The Balaban J connectivity index is 1.47. The molecule has 2 heterocycles. The van der Waals surface area contributed by atoms with Gasteiger partial charge < -0.3 is 20.1 Å². The highest BCUT2D eigenvalue weighted by Crippen LogP contribution is 2.13. The van der Waals surface area contributed by atoms with E-state index in [2.05, 4.69) is 56.7 Å². The van der Waals surface area contributed by atoms with Crippen molar-refractivity contribution < 1.29 is 19.1 Å². The van der Waals surface area contributed by atoms with E-state index < -0.39 is 12.2 Å². The molecule has 0 spiro atoms. The molecule has 9 nitrogen and oxygen atoms in total. The van der Waals surface area contributed by atoms with Crippen molar-refractivity contribution in [2.75, 3.05) is 19.6 Å². The average molecular weight is 678 g/mol. The Morgan fingerprint density at radius 2 is 1.17 bits per heavy atom. The number of unbranched alkanes of at least 4 members (excludes halogenated alkanes) is 5. The van der Waals surface area contributed by atoms with Crippen LogP contribution in [0.15, 0.2) is 84.1 Å². The molecular formula is C36H47N5O4S2.